The Morgan fingerprint density at radius 1 is 0.967 bits per heavy atom. The molecule has 0 bridgehead atoms. The van der Waals surface area contributed by atoms with Gasteiger partial charge in [-0.05, 0) is 42.2 Å². The highest BCUT2D eigenvalue weighted by Crippen LogP contribution is 2.39. The van der Waals surface area contributed by atoms with Crippen LogP contribution in [0.4, 0.5) is 0 Å². The van der Waals surface area contributed by atoms with Crippen molar-refractivity contribution in [3.8, 4) is 22.6 Å². The number of rotatable bonds is 7. The molecule has 2 aromatic rings. The van der Waals surface area contributed by atoms with Crippen LogP contribution in [0.25, 0.3) is 11.1 Å². The first-order chi connectivity index (χ1) is 14.4. The topological polar surface area (TPSA) is 64.0 Å². The lowest BCUT2D eigenvalue weighted by Crippen LogP contribution is -2.47. The molecule has 158 valence electrons. The second-order valence-corrected chi connectivity index (χ2v) is 7.77. The summed E-state index contributed by atoms with van der Waals surface area (Å²) in [5, 5.41) is 21.6. The lowest BCUT2D eigenvalue weighted by Gasteiger charge is -2.34. The van der Waals surface area contributed by atoms with Crippen LogP contribution in [0.5, 0.6) is 11.5 Å². The molecule has 0 aromatic heterocycles. The molecule has 1 fully saturated rings. The lowest BCUT2D eigenvalue weighted by atomic mass is 9.94. The number of nitrogens with zero attached hydrogens (tertiary/aromatic N) is 2. The van der Waals surface area contributed by atoms with Crippen molar-refractivity contribution in [2.45, 2.75) is 26.3 Å². The minimum absolute atomic E-state index is 0.0997. The van der Waals surface area contributed by atoms with Crippen LogP contribution in [-0.2, 0) is 24.2 Å². The summed E-state index contributed by atoms with van der Waals surface area (Å²) in [5.41, 5.74) is 4.10. The van der Waals surface area contributed by atoms with Crippen LogP contribution in [0.2, 0.25) is 0 Å². The number of amides is 1. The predicted molar refractivity (Wildman–Crippen MR) is 121 cm³/mol. The summed E-state index contributed by atoms with van der Waals surface area (Å²) in [5.74, 6) is 0.417. The first-order valence-corrected chi connectivity index (χ1v) is 10.3. The molecule has 0 radical (unpaired) electrons. The van der Waals surface area contributed by atoms with E-state index < -0.39 is 0 Å². The number of hydrogen-bond donors (Lipinski definition) is 2. The molecule has 0 saturated carbocycles. The highest BCUT2D eigenvalue weighted by atomic mass is 16.3. The fourth-order valence-electron chi connectivity index (χ4n) is 3.93. The number of benzene rings is 2. The van der Waals surface area contributed by atoms with Gasteiger partial charge >= 0.3 is 0 Å². The van der Waals surface area contributed by atoms with Crippen LogP contribution in [0.3, 0.4) is 0 Å². The van der Waals surface area contributed by atoms with E-state index in [4.69, 9.17) is 0 Å². The van der Waals surface area contributed by atoms with E-state index in [1.807, 2.05) is 41.3 Å². The van der Waals surface area contributed by atoms with Crippen molar-refractivity contribution in [3.05, 3.63) is 72.3 Å². The van der Waals surface area contributed by atoms with Crippen LogP contribution in [0.15, 0.2) is 55.6 Å². The molecule has 30 heavy (non-hydrogen) atoms. The number of allylic oxidation sites excluding steroid dienone is 2. The smallest absolute Gasteiger partial charge is 0.219 e. The molecule has 5 heteroatoms. The first kappa shape index (κ1) is 21.7. The van der Waals surface area contributed by atoms with Gasteiger partial charge in [0.05, 0.1) is 0 Å². The Hall–Kier alpha value is -3.05. The van der Waals surface area contributed by atoms with Gasteiger partial charge in [0.2, 0.25) is 5.91 Å². The van der Waals surface area contributed by atoms with Gasteiger partial charge in [-0.1, -0.05) is 24.3 Å². The Bertz CT molecular complexity index is 944. The largest absolute Gasteiger partial charge is 0.507 e. The first-order valence-electron chi connectivity index (χ1n) is 10.3. The maximum Gasteiger partial charge on any atom is 0.219 e. The van der Waals surface area contributed by atoms with Gasteiger partial charge in [-0.15, -0.1) is 13.2 Å². The van der Waals surface area contributed by atoms with Crippen LogP contribution < -0.4 is 0 Å². The third kappa shape index (κ3) is 4.92. The monoisotopic (exact) mass is 406 g/mol. The van der Waals surface area contributed by atoms with Crippen LogP contribution >= 0.6 is 0 Å². The zero-order valence-corrected chi connectivity index (χ0v) is 17.6. The minimum Gasteiger partial charge on any atom is -0.507 e. The third-order valence-electron chi connectivity index (χ3n) is 5.57. The molecule has 1 saturated heterocycles. The van der Waals surface area contributed by atoms with Gasteiger partial charge in [0.1, 0.15) is 11.5 Å². The standard InChI is InChI=1S/C25H30N2O3/c1-4-6-19-8-9-24(29)22(15-19)23-16-20(7-5-2)14-21(25(23)30)17-26-10-12-27(13-11-26)18(3)28/h4-5,8-9,14-16,29-30H,1-2,6-7,10-13,17H2,3H3. The van der Waals surface area contributed by atoms with Gasteiger partial charge in [-0.25, -0.2) is 0 Å². The summed E-state index contributed by atoms with van der Waals surface area (Å²) in [6, 6.07) is 9.34. The minimum atomic E-state index is 0.0997. The SMILES string of the molecule is C=CCc1ccc(O)c(-c2cc(CC=C)cc(CN3CCN(C(C)=O)CC3)c2O)c1. The summed E-state index contributed by atoms with van der Waals surface area (Å²) < 4.78 is 0. The summed E-state index contributed by atoms with van der Waals surface area (Å²) in [4.78, 5) is 15.7. The zero-order valence-electron chi connectivity index (χ0n) is 17.6. The van der Waals surface area contributed by atoms with E-state index in [0.29, 0.717) is 43.6 Å². The number of phenolic OH excluding ortho intramolecular Hbond substituents is 2. The number of piperazine rings is 1. The van der Waals surface area contributed by atoms with Gasteiger partial charge in [0.15, 0.2) is 0 Å². The van der Waals surface area contributed by atoms with Gasteiger partial charge in [0.25, 0.3) is 0 Å². The van der Waals surface area contributed by atoms with Crippen molar-refractivity contribution in [3.63, 3.8) is 0 Å². The van der Waals surface area contributed by atoms with E-state index in [1.165, 1.54) is 0 Å². The second kappa shape index (κ2) is 9.63. The van der Waals surface area contributed by atoms with Crippen molar-refractivity contribution in [1.29, 1.82) is 0 Å². The molecule has 1 amide bonds. The Balaban J connectivity index is 1.95. The number of carbonyl (C=O) groups excluding carboxylic acids is 1. The maximum absolute atomic E-state index is 11.6. The molecule has 1 heterocycles. The normalized spacial score (nSPS) is 14.5. The van der Waals surface area contributed by atoms with Crippen molar-refractivity contribution >= 4 is 5.91 Å². The van der Waals surface area contributed by atoms with Crippen LogP contribution in [-0.4, -0.2) is 52.1 Å². The summed E-state index contributed by atoms with van der Waals surface area (Å²) in [6.07, 6.45) is 5.01. The maximum atomic E-state index is 11.6. The second-order valence-electron chi connectivity index (χ2n) is 7.77. The predicted octanol–water partition coefficient (Wildman–Crippen LogP) is 3.89. The Labute approximate surface area is 178 Å². The molecule has 0 spiro atoms. The van der Waals surface area contributed by atoms with Gasteiger partial charge < -0.3 is 15.1 Å². The molecular formula is C25H30N2O3. The fraction of sp³-hybridized carbons (Fsp3) is 0.320. The van der Waals surface area contributed by atoms with E-state index in [2.05, 4.69) is 18.1 Å². The number of carbonyl (C=O) groups is 1. The Morgan fingerprint density at radius 3 is 2.23 bits per heavy atom. The Morgan fingerprint density at radius 2 is 1.60 bits per heavy atom. The molecule has 2 N–H and O–H groups in total. The molecule has 0 aliphatic carbocycles. The van der Waals surface area contributed by atoms with Gasteiger partial charge in [-0.2, -0.15) is 0 Å². The third-order valence-corrected chi connectivity index (χ3v) is 5.57. The zero-order chi connectivity index (χ0) is 21.7. The fourth-order valence-corrected chi connectivity index (χ4v) is 3.93. The molecule has 1 aliphatic rings. The van der Waals surface area contributed by atoms with Gasteiger partial charge in [-0.3, -0.25) is 9.69 Å². The average Bonchev–Trinajstić information content (AvgIpc) is 2.72. The van der Waals surface area contributed by atoms with Crippen molar-refractivity contribution in [2.24, 2.45) is 0 Å². The average molecular weight is 407 g/mol. The summed E-state index contributed by atoms with van der Waals surface area (Å²) in [7, 11) is 0. The van der Waals surface area contributed by atoms with Crippen LogP contribution in [0, 0.1) is 0 Å². The van der Waals surface area contributed by atoms with E-state index >= 15 is 0 Å². The van der Waals surface area contributed by atoms with Crippen LogP contribution in [0.1, 0.15) is 23.6 Å². The van der Waals surface area contributed by atoms with Gasteiger partial charge in [0, 0.05) is 56.3 Å². The molecule has 2 aromatic carbocycles. The summed E-state index contributed by atoms with van der Waals surface area (Å²) >= 11 is 0. The number of hydrogen-bond acceptors (Lipinski definition) is 4. The Kier molecular flexibility index (Phi) is 6.95. The van der Waals surface area contributed by atoms with E-state index in [-0.39, 0.29) is 17.4 Å². The molecule has 0 atom stereocenters. The number of aromatic hydroxyl groups is 2. The molecule has 0 unspecified atom stereocenters. The van der Waals surface area contributed by atoms with Crippen molar-refractivity contribution in [2.75, 3.05) is 26.2 Å². The molecule has 5 nitrogen and oxygen atoms in total. The van der Waals surface area contributed by atoms with E-state index in [0.717, 1.165) is 29.8 Å². The van der Waals surface area contributed by atoms with E-state index in [9.17, 15) is 15.0 Å². The number of phenols is 2. The van der Waals surface area contributed by atoms with Crippen molar-refractivity contribution in [1.82, 2.24) is 9.80 Å². The molecule has 1 aliphatic heterocycles. The molecule has 3 rings (SSSR count). The quantitative estimate of drug-likeness (QED) is 0.685. The molecular weight excluding hydrogens is 376 g/mol. The van der Waals surface area contributed by atoms with E-state index in [1.54, 1.807) is 13.0 Å². The highest BCUT2D eigenvalue weighted by molar-refractivity contribution is 5.78. The van der Waals surface area contributed by atoms with Crippen molar-refractivity contribution < 1.29 is 15.0 Å². The highest BCUT2D eigenvalue weighted by Gasteiger charge is 2.21. The lowest BCUT2D eigenvalue weighted by molar-refractivity contribution is -0.130. The summed E-state index contributed by atoms with van der Waals surface area (Å²) in [6.45, 7) is 12.7.